The van der Waals surface area contributed by atoms with Gasteiger partial charge >= 0.3 is 11.9 Å². The van der Waals surface area contributed by atoms with E-state index in [-0.39, 0.29) is 24.3 Å². The smallest absolute Gasteiger partial charge is 0.322 e. The Kier molecular flexibility index (Phi) is 5.06. The number of aryl methyl sites for hydroxylation is 1. The summed E-state index contributed by atoms with van der Waals surface area (Å²) in [5.74, 6) is -2.39. The molecule has 0 aromatic heterocycles. The number of carbonyl (C=O) groups excluding carboxylic acids is 1. The Balaban J connectivity index is 2.32. The fraction of sp³-hybridized carbons (Fsp3) is 0.467. The predicted octanol–water partition coefficient (Wildman–Crippen LogP) is 1.02. The summed E-state index contributed by atoms with van der Waals surface area (Å²) in [5, 5.41) is 9.38. The van der Waals surface area contributed by atoms with Crippen molar-refractivity contribution in [3.05, 3.63) is 29.8 Å². The van der Waals surface area contributed by atoms with Crippen LogP contribution in [-0.2, 0) is 24.3 Å². The Morgan fingerprint density at radius 3 is 2.39 bits per heavy atom. The summed E-state index contributed by atoms with van der Waals surface area (Å²) in [6.45, 7) is 1.80. The third-order valence-electron chi connectivity index (χ3n) is 4.00. The lowest BCUT2D eigenvalue weighted by Gasteiger charge is -2.35. The van der Waals surface area contributed by atoms with E-state index in [0.29, 0.717) is 0 Å². The number of carbonyl (C=O) groups is 2. The third-order valence-corrected chi connectivity index (χ3v) is 5.92. The van der Waals surface area contributed by atoms with Crippen molar-refractivity contribution in [1.29, 1.82) is 0 Å². The SMILES string of the molecule is COC(=O)C1CCN(S(=O)(=O)c2ccc(C)cc2)C(C(=O)O)C1. The van der Waals surface area contributed by atoms with E-state index in [0.717, 1.165) is 9.87 Å². The minimum atomic E-state index is -3.93. The topological polar surface area (TPSA) is 101 Å². The third kappa shape index (κ3) is 3.53. The predicted molar refractivity (Wildman–Crippen MR) is 81.2 cm³/mol. The summed E-state index contributed by atoms with van der Waals surface area (Å²) in [7, 11) is -2.70. The normalized spacial score (nSPS) is 22.5. The van der Waals surface area contributed by atoms with Crippen molar-refractivity contribution in [2.45, 2.75) is 30.7 Å². The van der Waals surface area contributed by atoms with Crippen molar-refractivity contribution in [3.63, 3.8) is 0 Å². The van der Waals surface area contributed by atoms with E-state index in [1.165, 1.54) is 19.2 Å². The first-order valence-electron chi connectivity index (χ1n) is 7.16. The highest BCUT2D eigenvalue weighted by Gasteiger charge is 2.42. The molecule has 0 spiro atoms. The molecule has 1 aromatic carbocycles. The first-order valence-corrected chi connectivity index (χ1v) is 8.60. The van der Waals surface area contributed by atoms with Crippen molar-refractivity contribution < 1.29 is 27.9 Å². The van der Waals surface area contributed by atoms with Crippen molar-refractivity contribution in [3.8, 4) is 0 Å². The van der Waals surface area contributed by atoms with Gasteiger partial charge in [-0.25, -0.2) is 8.42 Å². The Morgan fingerprint density at radius 2 is 1.87 bits per heavy atom. The molecule has 2 unspecified atom stereocenters. The summed E-state index contributed by atoms with van der Waals surface area (Å²) >= 11 is 0. The van der Waals surface area contributed by atoms with Crippen LogP contribution in [0.1, 0.15) is 18.4 Å². The molecular formula is C15H19NO6S. The zero-order valence-electron chi connectivity index (χ0n) is 12.9. The van der Waals surface area contributed by atoms with E-state index in [4.69, 9.17) is 0 Å². The Morgan fingerprint density at radius 1 is 1.26 bits per heavy atom. The number of carboxylic acid groups (broad SMARTS) is 1. The maximum absolute atomic E-state index is 12.7. The number of piperidine rings is 1. The second-order valence-electron chi connectivity index (χ2n) is 5.53. The molecule has 1 fully saturated rings. The zero-order valence-corrected chi connectivity index (χ0v) is 13.7. The number of methoxy groups -OCH3 is 1. The molecular weight excluding hydrogens is 322 g/mol. The number of benzene rings is 1. The number of hydrogen-bond donors (Lipinski definition) is 1. The van der Waals surface area contributed by atoms with Gasteiger partial charge in [-0.1, -0.05) is 17.7 Å². The second-order valence-corrected chi connectivity index (χ2v) is 7.42. The largest absolute Gasteiger partial charge is 0.480 e. The van der Waals surface area contributed by atoms with Crippen LogP contribution in [0.25, 0.3) is 0 Å². The van der Waals surface area contributed by atoms with E-state index in [9.17, 15) is 23.1 Å². The van der Waals surface area contributed by atoms with Crippen LogP contribution < -0.4 is 0 Å². The Bertz CT molecular complexity index is 697. The van der Waals surface area contributed by atoms with Gasteiger partial charge in [-0.2, -0.15) is 4.31 Å². The minimum absolute atomic E-state index is 0.0348. The fourth-order valence-electron chi connectivity index (χ4n) is 2.68. The van der Waals surface area contributed by atoms with Crippen LogP contribution in [0.5, 0.6) is 0 Å². The maximum Gasteiger partial charge on any atom is 0.322 e. The van der Waals surface area contributed by atoms with Gasteiger partial charge in [0.2, 0.25) is 10.0 Å². The molecule has 7 nitrogen and oxygen atoms in total. The lowest BCUT2D eigenvalue weighted by molar-refractivity contribution is -0.150. The molecule has 1 aromatic rings. The molecule has 126 valence electrons. The average Bonchev–Trinajstić information content (AvgIpc) is 2.53. The van der Waals surface area contributed by atoms with Crippen molar-refractivity contribution in [2.75, 3.05) is 13.7 Å². The second kappa shape index (κ2) is 6.67. The molecule has 23 heavy (non-hydrogen) atoms. The lowest BCUT2D eigenvalue weighted by atomic mass is 9.92. The quantitative estimate of drug-likeness (QED) is 0.821. The molecule has 2 rings (SSSR count). The standard InChI is InChI=1S/C15H19NO6S/c1-10-3-5-12(6-4-10)23(20,21)16-8-7-11(15(19)22-2)9-13(16)14(17)18/h3-6,11,13H,7-9H2,1-2H3,(H,17,18). The van der Waals surface area contributed by atoms with E-state index >= 15 is 0 Å². The molecule has 0 bridgehead atoms. The molecule has 0 amide bonds. The Hall–Kier alpha value is -1.93. The maximum atomic E-state index is 12.7. The van der Waals surface area contributed by atoms with Crippen LogP contribution in [0.3, 0.4) is 0 Å². The van der Waals surface area contributed by atoms with Gasteiger partial charge in [0.15, 0.2) is 0 Å². The summed E-state index contributed by atoms with van der Waals surface area (Å²) in [4.78, 5) is 23.2. The van der Waals surface area contributed by atoms with Gasteiger partial charge in [-0.05, 0) is 31.9 Å². The monoisotopic (exact) mass is 341 g/mol. The molecule has 1 saturated heterocycles. The molecule has 0 saturated carbocycles. The number of ether oxygens (including phenoxy) is 1. The van der Waals surface area contributed by atoms with Crippen LogP contribution in [0.15, 0.2) is 29.2 Å². The van der Waals surface area contributed by atoms with Gasteiger partial charge in [0, 0.05) is 6.54 Å². The molecule has 1 aliphatic rings. The van der Waals surface area contributed by atoms with Gasteiger partial charge in [0.05, 0.1) is 17.9 Å². The number of sulfonamides is 1. The molecule has 0 radical (unpaired) electrons. The summed E-state index contributed by atoms with van der Waals surface area (Å²) < 4.78 is 31.0. The van der Waals surface area contributed by atoms with Gasteiger partial charge < -0.3 is 9.84 Å². The molecule has 1 aliphatic heterocycles. The van der Waals surface area contributed by atoms with Crippen LogP contribution in [-0.4, -0.2) is 49.5 Å². The molecule has 1 heterocycles. The zero-order chi connectivity index (χ0) is 17.2. The molecule has 0 aliphatic carbocycles. The van der Waals surface area contributed by atoms with Gasteiger partial charge in [0.25, 0.3) is 0 Å². The van der Waals surface area contributed by atoms with Crippen molar-refractivity contribution in [1.82, 2.24) is 4.31 Å². The van der Waals surface area contributed by atoms with E-state index in [2.05, 4.69) is 4.74 Å². The Labute approximate surface area is 134 Å². The number of aliphatic carboxylic acids is 1. The fourth-order valence-corrected chi connectivity index (χ4v) is 4.29. The molecule has 2 atom stereocenters. The van der Waals surface area contributed by atoms with Crippen LogP contribution >= 0.6 is 0 Å². The van der Waals surface area contributed by atoms with E-state index in [1.807, 2.05) is 6.92 Å². The van der Waals surface area contributed by atoms with Gasteiger partial charge in [0.1, 0.15) is 6.04 Å². The van der Waals surface area contributed by atoms with Crippen LogP contribution in [0.4, 0.5) is 0 Å². The van der Waals surface area contributed by atoms with Crippen LogP contribution in [0, 0.1) is 12.8 Å². The number of esters is 1. The lowest BCUT2D eigenvalue weighted by Crippen LogP contribution is -2.51. The molecule has 8 heteroatoms. The summed E-state index contributed by atoms with van der Waals surface area (Å²) in [6, 6.07) is 4.94. The average molecular weight is 341 g/mol. The number of nitrogens with zero attached hydrogens (tertiary/aromatic N) is 1. The first kappa shape index (κ1) is 17.4. The minimum Gasteiger partial charge on any atom is -0.480 e. The van der Waals surface area contributed by atoms with Gasteiger partial charge in [-0.15, -0.1) is 0 Å². The van der Waals surface area contributed by atoms with Crippen LogP contribution in [0.2, 0.25) is 0 Å². The molecule has 1 N–H and O–H groups in total. The highest BCUT2D eigenvalue weighted by Crippen LogP contribution is 2.29. The van der Waals surface area contributed by atoms with Gasteiger partial charge in [-0.3, -0.25) is 9.59 Å². The van der Waals surface area contributed by atoms with E-state index < -0.39 is 33.9 Å². The highest BCUT2D eigenvalue weighted by atomic mass is 32.2. The van der Waals surface area contributed by atoms with Crippen molar-refractivity contribution >= 4 is 22.0 Å². The van der Waals surface area contributed by atoms with Crippen molar-refractivity contribution in [2.24, 2.45) is 5.92 Å². The first-order chi connectivity index (χ1) is 10.8. The van der Waals surface area contributed by atoms with E-state index in [1.54, 1.807) is 12.1 Å². The number of carboxylic acids is 1. The summed E-state index contributed by atoms with van der Waals surface area (Å²) in [6.07, 6.45) is 0.147. The number of hydrogen-bond acceptors (Lipinski definition) is 5. The summed E-state index contributed by atoms with van der Waals surface area (Å²) in [5.41, 5.74) is 0.906. The number of rotatable bonds is 4. The highest BCUT2D eigenvalue weighted by molar-refractivity contribution is 7.89.